The van der Waals surface area contributed by atoms with Crippen molar-refractivity contribution in [3.05, 3.63) is 78.0 Å². The molecule has 0 radical (unpaired) electrons. The average Bonchev–Trinajstić information content (AvgIpc) is 3.16. The average molecular weight is 387 g/mol. The molecule has 4 rings (SSSR count). The highest BCUT2D eigenvalue weighted by Gasteiger charge is 2.12. The predicted octanol–water partition coefficient (Wildman–Crippen LogP) is 4.06. The number of hydrogen-bond donors (Lipinski definition) is 4. The lowest BCUT2D eigenvalue weighted by molar-refractivity contribution is 0.0948. The van der Waals surface area contributed by atoms with E-state index in [-0.39, 0.29) is 11.7 Å². The number of phenols is 1. The number of methoxy groups -OCH3 is 1. The topological polar surface area (TPSA) is 100 Å². The molecule has 4 aromatic rings. The van der Waals surface area contributed by atoms with Crippen molar-refractivity contribution in [3.8, 4) is 22.6 Å². The van der Waals surface area contributed by atoms with E-state index >= 15 is 0 Å². The van der Waals surface area contributed by atoms with Gasteiger partial charge in [-0.25, -0.2) is 0 Å². The van der Waals surface area contributed by atoms with Crippen molar-refractivity contribution in [2.45, 2.75) is 6.54 Å². The maximum absolute atomic E-state index is 12.4. The number of carbonyl (C=O) groups is 1. The highest BCUT2D eigenvalue weighted by Crippen LogP contribution is 2.34. The monoisotopic (exact) mass is 387 g/mol. The summed E-state index contributed by atoms with van der Waals surface area (Å²) in [5.74, 6) is 0.484. The third kappa shape index (κ3) is 3.60. The summed E-state index contributed by atoms with van der Waals surface area (Å²) in [7, 11) is 1.54. The Kier molecular flexibility index (Phi) is 4.83. The van der Waals surface area contributed by atoms with E-state index in [4.69, 9.17) is 10.5 Å². The number of aromatic hydroxyl groups is 1. The summed E-state index contributed by atoms with van der Waals surface area (Å²) in [5, 5.41) is 13.8. The lowest BCUT2D eigenvalue weighted by Gasteiger charge is -2.09. The molecule has 5 N–H and O–H groups in total. The van der Waals surface area contributed by atoms with Crippen molar-refractivity contribution in [2.75, 3.05) is 12.8 Å². The fourth-order valence-electron chi connectivity index (χ4n) is 3.39. The number of rotatable bonds is 5. The predicted molar refractivity (Wildman–Crippen MR) is 114 cm³/mol. The molecule has 0 aliphatic carbocycles. The van der Waals surface area contributed by atoms with Gasteiger partial charge in [-0.05, 0) is 29.3 Å². The quantitative estimate of drug-likeness (QED) is 0.388. The van der Waals surface area contributed by atoms with Crippen LogP contribution in [-0.2, 0) is 6.54 Å². The maximum atomic E-state index is 12.4. The van der Waals surface area contributed by atoms with Crippen LogP contribution in [0.5, 0.6) is 11.5 Å². The summed E-state index contributed by atoms with van der Waals surface area (Å²) >= 11 is 0. The minimum atomic E-state index is -0.186. The largest absolute Gasteiger partial charge is 0.506 e. The zero-order chi connectivity index (χ0) is 20.4. The van der Waals surface area contributed by atoms with E-state index in [1.807, 2.05) is 42.6 Å². The molecular weight excluding hydrogens is 366 g/mol. The van der Waals surface area contributed by atoms with Crippen LogP contribution in [-0.4, -0.2) is 23.1 Å². The van der Waals surface area contributed by atoms with Crippen LogP contribution < -0.4 is 15.8 Å². The van der Waals surface area contributed by atoms with Gasteiger partial charge >= 0.3 is 0 Å². The van der Waals surface area contributed by atoms with E-state index in [1.54, 1.807) is 25.3 Å². The summed E-state index contributed by atoms with van der Waals surface area (Å²) < 4.78 is 5.24. The van der Waals surface area contributed by atoms with Crippen LogP contribution in [0, 0.1) is 0 Å². The number of para-hydroxylation sites is 1. The van der Waals surface area contributed by atoms with Gasteiger partial charge in [-0.3, -0.25) is 4.79 Å². The minimum absolute atomic E-state index is 0.127. The Balaban J connectivity index is 1.51. The normalized spacial score (nSPS) is 10.8. The van der Waals surface area contributed by atoms with Crippen molar-refractivity contribution in [1.29, 1.82) is 0 Å². The molecule has 0 aliphatic rings. The number of fused-ring (bicyclic) bond motifs is 1. The van der Waals surface area contributed by atoms with Crippen LogP contribution >= 0.6 is 0 Å². The number of hydrogen-bond acceptors (Lipinski definition) is 4. The number of nitrogen functional groups attached to an aromatic ring is 1. The molecule has 146 valence electrons. The zero-order valence-electron chi connectivity index (χ0n) is 15.9. The number of ether oxygens (including phenoxy) is 1. The molecule has 0 bridgehead atoms. The molecule has 1 amide bonds. The second-order valence-corrected chi connectivity index (χ2v) is 6.74. The number of nitrogens with one attached hydrogen (secondary N) is 2. The molecule has 1 heterocycles. The molecule has 0 saturated carbocycles. The number of aromatic nitrogens is 1. The van der Waals surface area contributed by atoms with Gasteiger partial charge in [0, 0.05) is 35.4 Å². The first kappa shape index (κ1) is 18.4. The Labute approximate surface area is 167 Å². The third-order valence-corrected chi connectivity index (χ3v) is 4.86. The number of phenolic OH excluding ortho intramolecular Hbond substituents is 1. The lowest BCUT2D eigenvalue weighted by atomic mass is 10.0. The Morgan fingerprint density at radius 3 is 2.66 bits per heavy atom. The standard InChI is InChI=1S/C23H21N3O3/c1-29-21-5-3-2-4-17(21)23(28)26-12-14-6-8-15(9-7-14)19-13-25-22-18(19)10-16(24)11-20(22)27/h2-11,13,25,27H,12,24H2,1H3,(H,26,28). The molecule has 0 aliphatic heterocycles. The Morgan fingerprint density at radius 1 is 1.14 bits per heavy atom. The summed E-state index contributed by atoms with van der Waals surface area (Å²) in [6.45, 7) is 0.402. The van der Waals surface area contributed by atoms with E-state index < -0.39 is 0 Å². The van der Waals surface area contributed by atoms with Gasteiger partial charge in [-0.2, -0.15) is 0 Å². The molecule has 0 fully saturated rings. The molecule has 0 unspecified atom stereocenters. The van der Waals surface area contributed by atoms with Crippen molar-refractivity contribution >= 4 is 22.5 Å². The highest BCUT2D eigenvalue weighted by molar-refractivity contribution is 6.00. The minimum Gasteiger partial charge on any atom is -0.506 e. The number of benzene rings is 3. The van der Waals surface area contributed by atoms with Crippen LogP contribution in [0.25, 0.3) is 22.0 Å². The number of nitrogens with two attached hydrogens (primary N) is 1. The van der Waals surface area contributed by atoms with Crippen LogP contribution in [0.15, 0.2) is 66.9 Å². The fourth-order valence-corrected chi connectivity index (χ4v) is 3.39. The number of amides is 1. The van der Waals surface area contributed by atoms with E-state index in [1.165, 1.54) is 6.07 Å². The van der Waals surface area contributed by atoms with Crippen LogP contribution in [0.4, 0.5) is 5.69 Å². The summed E-state index contributed by atoms with van der Waals surface area (Å²) in [4.78, 5) is 15.5. The van der Waals surface area contributed by atoms with Crippen molar-refractivity contribution in [2.24, 2.45) is 0 Å². The molecule has 0 saturated heterocycles. The highest BCUT2D eigenvalue weighted by atomic mass is 16.5. The first-order chi connectivity index (χ1) is 14.1. The first-order valence-corrected chi connectivity index (χ1v) is 9.17. The summed E-state index contributed by atoms with van der Waals surface area (Å²) in [5.41, 5.74) is 10.4. The van der Waals surface area contributed by atoms with Gasteiger partial charge in [0.2, 0.25) is 0 Å². The molecular formula is C23H21N3O3. The lowest BCUT2D eigenvalue weighted by Crippen LogP contribution is -2.23. The number of H-pyrrole nitrogens is 1. The van der Waals surface area contributed by atoms with Gasteiger partial charge in [-0.15, -0.1) is 0 Å². The number of carbonyl (C=O) groups excluding carboxylic acids is 1. The van der Waals surface area contributed by atoms with Crippen molar-refractivity contribution in [3.63, 3.8) is 0 Å². The van der Waals surface area contributed by atoms with Crippen LogP contribution in [0.1, 0.15) is 15.9 Å². The van der Waals surface area contributed by atoms with Crippen molar-refractivity contribution in [1.82, 2.24) is 10.3 Å². The summed E-state index contributed by atoms with van der Waals surface area (Å²) in [6.07, 6.45) is 1.85. The zero-order valence-corrected chi connectivity index (χ0v) is 15.9. The van der Waals surface area contributed by atoms with Crippen LogP contribution in [0.2, 0.25) is 0 Å². The SMILES string of the molecule is COc1ccccc1C(=O)NCc1ccc(-c2c[nH]c3c(O)cc(N)cc23)cc1. The van der Waals surface area contributed by atoms with E-state index in [9.17, 15) is 9.90 Å². The second kappa shape index (κ2) is 7.59. The van der Waals surface area contributed by atoms with Crippen molar-refractivity contribution < 1.29 is 14.6 Å². The van der Waals surface area contributed by atoms with Gasteiger partial charge in [0.05, 0.1) is 18.2 Å². The summed E-state index contributed by atoms with van der Waals surface area (Å²) in [6, 6.07) is 18.4. The Morgan fingerprint density at radius 2 is 1.90 bits per heavy atom. The molecule has 0 atom stereocenters. The van der Waals surface area contributed by atoms with Gasteiger partial charge in [0.15, 0.2) is 0 Å². The van der Waals surface area contributed by atoms with Crippen LogP contribution in [0.3, 0.4) is 0 Å². The first-order valence-electron chi connectivity index (χ1n) is 9.17. The molecule has 6 heteroatoms. The van der Waals surface area contributed by atoms with E-state index in [2.05, 4.69) is 10.3 Å². The fraction of sp³-hybridized carbons (Fsp3) is 0.0870. The molecule has 3 aromatic carbocycles. The van der Waals surface area contributed by atoms with E-state index in [0.717, 1.165) is 22.1 Å². The number of aromatic amines is 1. The third-order valence-electron chi connectivity index (χ3n) is 4.86. The smallest absolute Gasteiger partial charge is 0.255 e. The molecule has 1 aromatic heterocycles. The Hall–Kier alpha value is -3.93. The Bertz CT molecular complexity index is 1180. The number of anilines is 1. The van der Waals surface area contributed by atoms with E-state index in [0.29, 0.717) is 29.1 Å². The maximum Gasteiger partial charge on any atom is 0.255 e. The van der Waals surface area contributed by atoms with Gasteiger partial charge in [0.1, 0.15) is 11.5 Å². The molecule has 29 heavy (non-hydrogen) atoms. The molecule has 6 nitrogen and oxygen atoms in total. The van der Waals surface area contributed by atoms with Gasteiger partial charge < -0.3 is 25.9 Å². The van der Waals surface area contributed by atoms with Gasteiger partial charge in [-0.1, -0.05) is 36.4 Å². The molecule has 0 spiro atoms. The second-order valence-electron chi connectivity index (χ2n) is 6.74. The van der Waals surface area contributed by atoms with Gasteiger partial charge in [0.25, 0.3) is 5.91 Å².